The van der Waals surface area contributed by atoms with Crippen LogP contribution in [0.15, 0.2) is 82.1 Å². The highest BCUT2D eigenvalue weighted by Crippen LogP contribution is 2.29. The molecule has 148 valence electrons. The Kier molecular flexibility index (Phi) is 5.35. The third kappa shape index (κ3) is 3.96. The van der Waals surface area contributed by atoms with Crippen LogP contribution in [0.25, 0.3) is 6.08 Å². The first kappa shape index (κ1) is 19.5. The van der Waals surface area contributed by atoms with Crippen LogP contribution in [0.5, 0.6) is 0 Å². The van der Waals surface area contributed by atoms with Crippen molar-refractivity contribution >= 4 is 34.6 Å². The van der Waals surface area contributed by atoms with Gasteiger partial charge in [-0.25, -0.2) is 0 Å². The van der Waals surface area contributed by atoms with Crippen LogP contribution in [-0.4, -0.2) is 11.5 Å². The lowest BCUT2D eigenvalue weighted by atomic mass is 9.95. The number of nitrogens with one attached hydrogen (secondary N) is 1. The van der Waals surface area contributed by atoms with E-state index in [1.165, 1.54) is 0 Å². The lowest BCUT2D eigenvalue weighted by Gasteiger charge is -2.13. The van der Waals surface area contributed by atoms with Gasteiger partial charge in [-0.15, -0.1) is 0 Å². The number of azo groups is 1. The molecule has 0 unspecified atom stereocenters. The van der Waals surface area contributed by atoms with Crippen LogP contribution in [0.3, 0.4) is 0 Å². The van der Waals surface area contributed by atoms with Crippen molar-refractivity contribution in [2.45, 2.75) is 20.8 Å². The molecule has 0 aromatic heterocycles. The third-order valence-electron chi connectivity index (χ3n) is 5.08. The minimum Gasteiger partial charge on any atom is -0.287 e. The largest absolute Gasteiger partial charge is 0.287 e. The summed E-state index contributed by atoms with van der Waals surface area (Å²) in [6.07, 6.45) is 3.37. The molecule has 0 aliphatic heterocycles. The summed E-state index contributed by atoms with van der Waals surface area (Å²) in [5.41, 5.74) is 10.8. The molecule has 0 atom stereocenters. The van der Waals surface area contributed by atoms with Gasteiger partial charge in [-0.1, -0.05) is 48.5 Å². The molecule has 0 amide bonds. The van der Waals surface area contributed by atoms with Crippen molar-refractivity contribution in [3.63, 3.8) is 0 Å². The molecular weight excluding hydrogens is 372 g/mol. The maximum Gasteiger partial charge on any atom is 0.206 e. The van der Waals surface area contributed by atoms with Crippen LogP contribution in [0.4, 0.5) is 17.1 Å². The van der Waals surface area contributed by atoms with Crippen molar-refractivity contribution < 1.29 is 4.79 Å². The van der Waals surface area contributed by atoms with Crippen molar-refractivity contribution in [3.8, 4) is 0 Å². The van der Waals surface area contributed by atoms with Gasteiger partial charge in [0.15, 0.2) is 0 Å². The second kappa shape index (κ2) is 8.25. The maximum absolute atomic E-state index is 12.3. The Hall–Kier alpha value is -3.86. The zero-order valence-electron chi connectivity index (χ0n) is 17.2. The monoisotopic (exact) mass is 394 g/mol. The number of allylic oxidation sites excluding steroid dienone is 1. The Labute approximate surface area is 175 Å². The van der Waals surface area contributed by atoms with Crippen molar-refractivity contribution in [2.24, 2.45) is 15.3 Å². The van der Waals surface area contributed by atoms with Gasteiger partial charge in [0.2, 0.25) is 5.78 Å². The Bertz CT molecular complexity index is 1220. The Morgan fingerprint density at radius 3 is 2.30 bits per heavy atom. The van der Waals surface area contributed by atoms with Crippen LogP contribution < -0.4 is 5.43 Å². The third-order valence-corrected chi connectivity index (χ3v) is 5.08. The van der Waals surface area contributed by atoms with Crippen molar-refractivity contribution in [2.75, 3.05) is 5.43 Å². The van der Waals surface area contributed by atoms with E-state index in [1.807, 2.05) is 87.5 Å². The highest BCUT2D eigenvalue weighted by Gasteiger charge is 2.18. The van der Waals surface area contributed by atoms with Crippen LogP contribution in [0.1, 0.15) is 27.8 Å². The summed E-state index contributed by atoms with van der Waals surface area (Å²) in [6.45, 7) is 5.97. The van der Waals surface area contributed by atoms with Crippen LogP contribution in [-0.2, 0) is 4.79 Å². The number of carbonyl (C=O) groups excluding carboxylic acids is 1. The average molecular weight is 394 g/mol. The Morgan fingerprint density at radius 1 is 0.733 bits per heavy atom. The molecule has 0 saturated heterocycles. The quantitative estimate of drug-likeness (QED) is 0.409. The van der Waals surface area contributed by atoms with Gasteiger partial charge in [0.1, 0.15) is 5.71 Å². The topological polar surface area (TPSA) is 66.2 Å². The molecule has 0 spiro atoms. The molecule has 0 radical (unpaired) electrons. The van der Waals surface area contributed by atoms with E-state index in [4.69, 9.17) is 0 Å². The second-order valence-electron chi connectivity index (χ2n) is 7.30. The molecule has 0 fully saturated rings. The first-order valence-electron chi connectivity index (χ1n) is 9.77. The van der Waals surface area contributed by atoms with Gasteiger partial charge in [-0.05, 0) is 67.3 Å². The smallest absolute Gasteiger partial charge is 0.206 e. The van der Waals surface area contributed by atoms with Gasteiger partial charge in [0.25, 0.3) is 0 Å². The van der Waals surface area contributed by atoms with Gasteiger partial charge in [0.05, 0.1) is 17.1 Å². The minimum absolute atomic E-state index is 0.112. The second-order valence-corrected chi connectivity index (χ2v) is 7.30. The standard InChI is InChI=1S/C25H22N4O/c1-16-8-4-7-11-21(16)26-27-22-14-18(3)23(15-17(22)2)28-29-25-20-10-6-5-9-19(20)12-13-24(25)30/h4-15,28H,1-3H3/b27-26?,29-25-. The van der Waals surface area contributed by atoms with Gasteiger partial charge >= 0.3 is 0 Å². The SMILES string of the molecule is Cc1ccccc1N=Nc1cc(C)c(N/N=C2\C(=O)C=Cc3ccccc32)cc1C. The minimum atomic E-state index is -0.112. The zero-order chi connectivity index (χ0) is 21.1. The summed E-state index contributed by atoms with van der Waals surface area (Å²) in [7, 11) is 0. The van der Waals surface area contributed by atoms with E-state index >= 15 is 0 Å². The summed E-state index contributed by atoms with van der Waals surface area (Å²) < 4.78 is 0. The Balaban J connectivity index is 1.60. The molecule has 1 aliphatic carbocycles. The fourth-order valence-electron chi connectivity index (χ4n) is 3.28. The molecular formula is C25H22N4O. The lowest BCUT2D eigenvalue weighted by Crippen LogP contribution is -2.19. The molecule has 0 bridgehead atoms. The van der Waals surface area contributed by atoms with Crippen LogP contribution >= 0.6 is 0 Å². The number of carbonyl (C=O) groups is 1. The lowest BCUT2D eigenvalue weighted by molar-refractivity contribution is -0.108. The number of hydrogen-bond acceptors (Lipinski definition) is 5. The van der Waals surface area contributed by atoms with E-state index in [0.717, 1.165) is 44.9 Å². The number of fused-ring (bicyclic) bond motifs is 1. The molecule has 5 nitrogen and oxygen atoms in total. The summed E-state index contributed by atoms with van der Waals surface area (Å²) in [6, 6.07) is 19.6. The number of ketones is 1. The van der Waals surface area contributed by atoms with Crippen molar-refractivity contribution in [1.82, 2.24) is 0 Å². The van der Waals surface area contributed by atoms with E-state index < -0.39 is 0 Å². The number of aryl methyl sites for hydroxylation is 3. The predicted molar refractivity (Wildman–Crippen MR) is 122 cm³/mol. The molecule has 0 saturated carbocycles. The summed E-state index contributed by atoms with van der Waals surface area (Å²) >= 11 is 0. The van der Waals surface area contributed by atoms with Crippen LogP contribution in [0.2, 0.25) is 0 Å². The zero-order valence-corrected chi connectivity index (χ0v) is 17.2. The first-order valence-corrected chi connectivity index (χ1v) is 9.77. The molecule has 5 heteroatoms. The van der Waals surface area contributed by atoms with Gasteiger partial charge in [0, 0.05) is 5.56 Å². The summed E-state index contributed by atoms with van der Waals surface area (Å²) in [5, 5.41) is 13.2. The van der Waals surface area contributed by atoms with Crippen molar-refractivity contribution in [1.29, 1.82) is 0 Å². The number of benzene rings is 3. The van der Waals surface area contributed by atoms with E-state index in [-0.39, 0.29) is 5.78 Å². The number of hydrazone groups is 1. The summed E-state index contributed by atoms with van der Waals surface area (Å²) in [4.78, 5) is 12.3. The number of hydrogen-bond donors (Lipinski definition) is 1. The summed E-state index contributed by atoms with van der Waals surface area (Å²) in [5.74, 6) is -0.112. The van der Waals surface area contributed by atoms with Gasteiger partial charge in [-0.3, -0.25) is 10.2 Å². The molecule has 3 aromatic rings. The molecule has 30 heavy (non-hydrogen) atoms. The normalized spacial score (nSPS) is 14.4. The Morgan fingerprint density at radius 2 is 1.47 bits per heavy atom. The van der Waals surface area contributed by atoms with Crippen molar-refractivity contribution in [3.05, 3.63) is 94.6 Å². The average Bonchev–Trinajstić information content (AvgIpc) is 2.75. The van der Waals surface area contributed by atoms with E-state index in [9.17, 15) is 4.79 Å². The molecule has 4 rings (SSSR count). The number of rotatable bonds is 4. The number of nitrogens with zero attached hydrogens (tertiary/aromatic N) is 3. The fourth-order valence-corrected chi connectivity index (χ4v) is 3.28. The van der Waals surface area contributed by atoms with Gasteiger partial charge < -0.3 is 0 Å². The first-order chi connectivity index (χ1) is 14.5. The fraction of sp³-hybridized carbons (Fsp3) is 0.120. The highest BCUT2D eigenvalue weighted by atomic mass is 16.1. The van der Waals surface area contributed by atoms with E-state index in [0.29, 0.717) is 5.71 Å². The highest BCUT2D eigenvalue weighted by molar-refractivity contribution is 6.52. The maximum atomic E-state index is 12.3. The molecule has 1 N–H and O–H groups in total. The van der Waals surface area contributed by atoms with E-state index in [2.05, 4.69) is 20.8 Å². The van der Waals surface area contributed by atoms with E-state index in [1.54, 1.807) is 6.08 Å². The predicted octanol–water partition coefficient (Wildman–Crippen LogP) is 6.44. The molecule has 1 aliphatic rings. The van der Waals surface area contributed by atoms with Crippen LogP contribution in [0, 0.1) is 20.8 Å². The number of anilines is 1. The molecule has 3 aromatic carbocycles. The van der Waals surface area contributed by atoms with Gasteiger partial charge in [-0.2, -0.15) is 15.3 Å². The molecule has 0 heterocycles.